The summed E-state index contributed by atoms with van der Waals surface area (Å²) >= 11 is 0. The van der Waals surface area contributed by atoms with E-state index in [1.807, 2.05) is 11.8 Å². The number of hydrogen-bond acceptors (Lipinski definition) is 4. The van der Waals surface area contributed by atoms with E-state index in [1.165, 1.54) is 0 Å². The Hall–Kier alpha value is -0.650. The van der Waals surface area contributed by atoms with Crippen LogP contribution in [0.4, 0.5) is 0 Å². The first-order chi connectivity index (χ1) is 6.63. The van der Waals surface area contributed by atoms with Crippen LogP contribution in [-0.2, 0) is 9.53 Å². The third-order valence-corrected chi connectivity index (χ3v) is 3.38. The van der Waals surface area contributed by atoms with Crippen molar-refractivity contribution in [3.05, 3.63) is 0 Å². The van der Waals surface area contributed by atoms with E-state index in [0.717, 1.165) is 6.42 Å². The Morgan fingerprint density at radius 1 is 1.79 bits per heavy atom. The molecule has 0 aliphatic carbocycles. The minimum absolute atomic E-state index is 0.0912. The molecule has 5 heteroatoms. The molecule has 5 nitrogen and oxygen atoms in total. The first-order valence-electron chi connectivity index (χ1n) is 5.05. The molecule has 0 radical (unpaired) electrons. The van der Waals surface area contributed by atoms with E-state index in [-0.39, 0.29) is 18.0 Å². The van der Waals surface area contributed by atoms with Crippen molar-refractivity contribution in [2.75, 3.05) is 6.61 Å². The Balaban J connectivity index is 2.27. The quantitative estimate of drug-likeness (QED) is 0.468. The maximum Gasteiger partial charge on any atom is 0.227 e. The molecule has 2 rings (SSSR count). The number of carbonyl (C=O) groups excluding carboxylic acids is 1. The molecule has 2 heterocycles. The summed E-state index contributed by atoms with van der Waals surface area (Å²) in [6.07, 6.45) is 1.36. The first-order valence-corrected chi connectivity index (χ1v) is 5.05. The third-order valence-electron chi connectivity index (χ3n) is 3.38. The van der Waals surface area contributed by atoms with Crippen LogP contribution in [0, 0.1) is 0 Å². The second kappa shape index (κ2) is 3.18. The van der Waals surface area contributed by atoms with Gasteiger partial charge in [-0.3, -0.25) is 16.1 Å². The molecule has 14 heavy (non-hydrogen) atoms. The molecule has 0 bridgehead atoms. The fourth-order valence-electron chi connectivity index (χ4n) is 2.47. The van der Waals surface area contributed by atoms with Gasteiger partial charge >= 0.3 is 0 Å². The summed E-state index contributed by atoms with van der Waals surface area (Å²) in [7, 11) is 0. The van der Waals surface area contributed by atoms with Crippen molar-refractivity contribution in [2.24, 2.45) is 5.84 Å². The van der Waals surface area contributed by atoms with Crippen molar-refractivity contribution >= 4 is 5.91 Å². The monoisotopic (exact) mass is 199 g/mol. The predicted molar refractivity (Wildman–Crippen MR) is 51.0 cm³/mol. The normalized spacial score (nSPS) is 41.9. The van der Waals surface area contributed by atoms with Gasteiger partial charge in [0.05, 0.1) is 18.7 Å². The fraction of sp³-hybridized carbons (Fsp3) is 0.889. The number of carbonyl (C=O) groups is 1. The Labute approximate surface area is 83.5 Å². The molecule has 0 unspecified atom stereocenters. The Morgan fingerprint density at radius 2 is 2.50 bits per heavy atom. The average molecular weight is 199 g/mol. The Bertz CT molecular complexity index is 258. The van der Waals surface area contributed by atoms with Gasteiger partial charge in [-0.1, -0.05) is 6.92 Å². The van der Waals surface area contributed by atoms with Crippen LogP contribution in [0.1, 0.15) is 26.7 Å². The second-order valence-corrected chi connectivity index (χ2v) is 4.11. The summed E-state index contributed by atoms with van der Waals surface area (Å²) in [6, 6.07) is 0.123. The molecule has 1 amide bonds. The van der Waals surface area contributed by atoms with Gasteiger partial charge in [-0.15, -0.1) is 0 Å². The van der Waals surface area contributed by atoms with Crippen molar-refractivity contribution in [3.63, 3.8) is 0 Å². The number of rotatable bonds is 2. The highest BCUT2D eigenvalue weighted by atomic mass is 16.5. The van der Waals surface area contributed by atoms with E-state index in [9.17, 15) is 4.79 Å². The number of fused-ring (bicyclic) bond motifs is 1. The summed E-state index contributed by atoms with van der Waals surface area (Å²) in [4.78, 5) is 13.6. The zero-order chi connectivity index (χ0) is 10.3. The fourth-order valence-corrected chi connectivity index (χ4v) is 2.47. The molecule has 80 valence electrons. The number of ether oxygens (including phenoxy) is 1. The summed E-state index contributed by atoms with van der Waals surface area (Å²) < 4.78 is 5.70. The Morgan fingerprint density at radius 3 is 3.07 bits per heavy atom. The van der Waals surface area contributed by atoms with E-state index in [1.54, 1.807) is 0 Å². The number of hydrazine groups is 1. The van der Waals surface area contributed by atoms with Crippen molar-refractivity contribution < 1.29 is 9.53 Å². The van der Waals surface area contributed by atoms with Gasteiger partial charge in [0, 0.05) is 6.42 Å². The van der Waals surface area contributed by atoms with Crippen LogP contribution in [0.25, 0.3) is 0 Å². The van der Waals surface area contributed by atoms with E-state index in [2.05, 4.69) is 12.3 Å². The molecule has 3 N–H and O–H groups in total. The number of amides is 1. The lowest BCUT2D eigenvalue weighted by Gasteiger charge is -2.32. The van der Waals surface area contributed by atoms with Gasteiger partial charge in [0.15, 0.2) is 5.72 Å². The maximum atomic E-state index is 11.7. The van der Waals surface area contributed by atoms with Crippen LogP contribution in [-0.4, -0.2) is 35.2 Å². The van der Waals surface area contributed by atoms with Gasteiger partial charge in [-0.05, 0) is 13.3 Å². The number of hydrogen-bond donors (Lipinski definition) is 2. The van der Waals surface area contributed by atoms with Gasteiger partial charge in [0.1, 0.15) is 0 Å². The van der Waals surface area contributed by atoms with Crippen LogP contribution in [0.15, 0.2) is 0 Å². The largest absolute Gasteiger partial charge is 0.352 e. The predicted octanol–water partition coefficient (Wildman–Crippen LogP) is -0.424. The maximum absolute atomic E-state index is 11.7. The van der Waals surface area contributed by atoms with Gasteiger partial charge in [-0.2, -0.15) is 0 Å². The van der Waals surface area contributed by atoms with Crippen molar-refractivity contribution in [1.29, 1.82) is 0 Å². The highest BCUT2D eigenvalue weighted by molar-refractivity contribution is 5.81. The SMILES string of the molecule is CC[C@@H]1CO[C@@]2(C)[C@@H](NN)CC(=O)N12. The van der Waals surface area contributed by atoms with Gasteiger partial charge in [-0.25, -0.2) is 0 Å². The highest BCUT2D eigenvalue weighted by Crippen LogP contribution is 2.38. The number of nitrogens with one attached hydrogen (secondary N) is 1. The average Bonchev–Trinajstić information content (AvgIpc) is 2.62. The molecule has 3 atom stereocenters. The van der Waals surface area contributed by atoms with Gasteiger partial charge in [0.2, 0.25) is 5.91 Å². The minimum Gasteiger partial charge on any atom is -0.352 e. The van der Waals surface area contributed by atoms with Crippen LogP contribution >= 0.6 is 0 Å². The first kappa shape index (κ1) is 9.89. The van der Waals surface area contributed by atoms with Crippen LogP contribution in [0.2, 0.25) is 0 Å². The molecule has 2 fully saturated rings. The standard InChI is InChI=1S/C9H17N3O2/c1-3-6-5-14-9(2)7(11-10)4-8(13)12(6)9/h6-7,11H,3-5,10H2,1-2H3/t6-,7+,9+/m1/s1. The third kappa shape index (κ3) is 1.09. The summed E-state index contributed by atoms with van der Waals surface area (Å²) in [5.74, 6) is 5.55. The van der Waals surface area contributed by atoms with Crippen molar-refractivity contribution in [2.45, 2.75) is 44.5 Å². The molecule has 0 saturated carbocycles. The lowest BCUT2D eigenvalue weighted by atomic mass is 10.1. The van der Waals surface area contributed by atoms with E-state index in [0.29, 0.717) is 13.0 Å². The van der Waals surface area contributed by atoms with Crippen LogP contribution in [0.3, 0.4) is 0 Å². The van der Waals surface area contributed by atoms with Gasteiger partial charge < -0.3 is 9.64 Å². The molecule has 0 aromatic carbocycles. The minimum atomic E-state index is -0.535. The molecule has 2 aliphatic rings. The topological polar surface area (TPSA) is 67.6 Å². The Kier molecular flexibility index (Phi) is 2.25. The molecule has 0 aromatic rings. The number of nitrogens with two attached hydrogens (primary N) is 1. The van der Waals surface area contributed by atoms with Crippen molar-refractivity contribution in [1.82, 2.24) is 10.3 Å². The highest BCUT2D eigenvalue weighted by Gasteiger charge is 2.56. The molecule has 2 saturated heterocycles. The van der Waals surface area contributed by atoms with Crippen LogP contribution in [0.5, 0.6) is 0 Å². The molecule has 0 aromatic heterocycles. The molecular weight excluding hydrogens is 182 g/mol. The zero-order valence-electron chi connectivity index (χ0n) is 8.62. The summed E-state index contributed by atoms with van der Waals surface area (Å²) in [5.41, 5.74) is 2.13. The second-order valence-electron chi connectivity index (χ2n) is 4.11. The van der Waals surface area contributed by atoms with E-state index in [4.69, 9.17) is 10.6 Å². The summed E-state index contributed by atoms with van der Waals surface area (Å²) in [6.45, 7) is 4.62. The lowest BCUT2D eigenvalue weighted by molar-refractivity contribution is -0.137. The lowest BCUT2D eigenvalue weighted by Crippen LogP contribution is -2.54. The van der Waals surface area contributed by atoms with E-state index < -0.39 is 5.72 Å². The smallest absolute Gasteiger partial charge is 0.227 e. The van der Waals surface area contributed by atoms with Crippen LogP contribution < -0.4 is 11.3 Å². The molecule has 2 aliphatic heterocycles. The molecular formula is C9H17N3O2. The van der Waals surface area contributed by atoms with E-state index >= 15 is 0 Å². The zero-order valence-corrected chi connectivity index (χ0v) is 8.62. The van der Waals surface area contributed by atoms with Gasteiger partial charge in [0.25, 0.3) is 0 Å². The summed E-state index contributed by atoms with van der Waals surface area (Å²) in [5, 5.41) is 0. The number of nitrogens with zero attached hydrogens (tertiary/aromatic N) is 1. The molecule has 0 spiro atoms. The van der Waals surface area contributed by atoms with Crippen molar-refractivity contribution in [3.8, 4) is 0 Å².